The average Bonchev–Trinajstić information content (AvgIpc) is 3.13. The van der Waals surface area contributed by atoms with E-state index in [1.54, 1.807) is 36.4 Å². The quantitative estimate of drug-likeness (QED) is 0.224. The molecule has 0 aromatic heterocycles. The number of fused-ring (bicyclic) bond motifs is 1. The molecule has 0 saturated carbocycles. The molecule has 0 aliphatic carbocycles. The number of carbonyl (C=O) groups excluding carboxylic acids is 2. The number of azo groups is 1. The van der Waals surface area contributed by atoms with Crippen molar-refractivity contribution >= 4 is 62.7 Å². The molecule has 6 nitrogen and oxygen atoms in total. The van der Waals surface area contributed by atoms with Crippen LogP contribution in [-0.2, 0) is 11.3 Å². The van der Waals surface area contributed by atoms with Crippen molar-refractivity contribution < 1.29 is 14.7 Å². The summed E-state index contributed by atoms with van der Waals surface area (Å²) in [4.78, 5) is 26.8. The van der Waals surface area contributed by atoms with E-state index in [1.165, 1.54) is 12.1 Å². The van der Waals surface area contributed by atoms with Crippen molar-refractivity contribution in [2.75, 3.05) is 0 Å². The number of nitrogens with zero attached hydrogens (tertiary/aromatic N) is 3. The van der Waals surface area contributed by atoms with Gasteiger partial charge >= 0.3 is 0 Å². The minimum atomic E-state index is -0.442. The lowest BCUT2D eigenvalue weighted by molar-refractivity contribution is -0.123. The highest BCUT2D eigenvalue weighted by Gasteiger charge is 2.35. The summed E-state index contributed by atoms with van der Waals surface area (Å²) >= 11 is 7.00. The smallest absolute Gasteiger partial charge is 0.293 e. The number of phenols is 1. The fourth-order valence-electron chi connectivity index (χ4n) is 3.70. The van der Waals surface area contributed by atoms with Gasteiger partial charge in [0.15, 0.2) is 0 Å². The Hall–Kier alpha value is -3.94. The first-order valence-electron chi connectivity index (χ1n) is 10.7. The van der Waals surface area contributed by atoms with Gasteiger partial charge in [-0.25, -0.2) is 0 Å². The second-order valence-electron chi connectivity index (χ2n) is 7.80. The molecule has 1 aliphatic rings. The zero-order valence-electron chi connectivity index (χ0n) is 18.3. The van der Waals surface area contributed by atoms with Gasteiger partial charge in [0.05, 0.1) is 22.8 Å². The van der Waals surface area contributed by atoms with Crippen molar-refractivity contribution in [3.05, 3.63) is 106 Å². The third-order valence-corrected chi connectivity index (χ3v) is 6.77. The van der Waals surface area contributed by atoms with Gasteiger partial charge in [-0.15, -0.1) is 5.11 Å². The first-order valence-corrected chi connectivity index (χ1v) is 11.9. The Labute approximate surface area is 210 Å². The highest BCUT2D eigenvalue weighted by molar-refractivity contribution is 8.18. The summed E-state index contributed by atoms with van der Waals surface area (Å²) in [5.74, 6) is -0.478. The van der Waals surface area contributed by atoms with Crippen LogP contribution in [0.2, 0.25) is 5.02 Å². The maximum atomic E-state index is 12.9. The molecule has 5 rings (SSSR count). The summed E-state index contributed by atoms with van der Waals surface area (Å²) in [6, 6.07) is 25.5. The molecule has 4 aromatic rings. The maximum absolute atomic E-state index is 12.9. The summed E-state index contributed by atoms with van der Waals surface area (Å²) in [5.41, 5.74) is 2.26. The van der Waals surface area contributed by atoms with Gasteiger partial charge in [-0.1, -0.05) is 66.2 Å². The Morgan fingerprint density at radius 3 is 2.54 bits per heavy atom. The molecule has 2 amide bonds. The van der Waals surface area contributed by atoms with Gasteiger partial charge in [0, 0.05) is 16.0 Å². The van der Waals surface area contributed by atoms with Crippen molar-refractivity contribution in [3.8, 4) is 5.75 Å². The van der Waals surface area contributed by atoms with E-state index in [0.717, 1.165) is 33.1 Å². The molecule has 4 aromatic carbocycles. The first-order chi connectivity index (χ1) is 17.0. The molecule has 1 aliphatic heterocycles. The van der Waals surface area contributed by atoms with Gasteiger partial charge in [-0.05, 0) is 59.1 Å². The Morgan fingerprint density at radius 1 is 0.914 bits per heavy atom. The molecule has 35 heavy (non-hydrogen) atoms. The Bertz CT molecular complexity index is 1530. The summed E-state index contributed by atoms with van der Waals surface area (Å²) in [6.45, 7) is 0.0763. The van der Waals surface area contributed by atoms with Gasteiger partial charge in [0.2, 0.25) is 0 Å². The molecular weight excluding hydrogens is 482 g/mol. The van der Waals surface area contributed by atoms with Crippen LogP contribution in [0.15, 0.2) is 100 Å². The van der Waals surface area contributed by atoms with Crippen LogP contribution in [0.4, 0.5) is 16.2 Å². The fourth-order valence-corrected chi connectivity index (χ4v) is 4.73. The van der Waals surface area contributed by atoms with Crippen molar-refractivity contribution in [1.82, 2.24) is 4.90 Å². The predicted octanol–water partition coefficient (Wildman–Crippen LogP) is 7.85. The SMILES string of the molecule is O=C1S/C(=C\c2cc(N=Nc3cccc4ccccc34)ccc2O)C(=O)N1Cc1ccccc1Cl. The van der Waals surface area contributed by atoms with E-state index < -0.39 is 11.1 Å². The van der Waals surface area contributed by atoms with E-state index in [4.69, 9.17) is 11.6 Å². The van der Waals surface area contributed by atoms with Crippen molar-refractivity contribution in [2.24, 2.45) is 10.2 Å². The molecule has 0 atom stereocenters. The van der Waals surface area contributed by atoms with Crippen LogP contribution in [-0.4, -0.2) is 21.2 Å². The molecule has 1 heterocycles. The normalized spacial score (nSPS) is 15.1. The van der Waals surface area contributed by atoms with Crippen LogP contribution in [0.5, 0.6) is 5.75 Å². The molecule has 8 heteroatoms. The van der Waals surface area contributed by atoms with Gasteiger partial charge in [0.1, 0.15) is 5.75 Å². The molecule has 172 valence electrons. The van der Waals surface area contributed by atoms with E-state index >= 15 is 0 Å². The van der Waals surface area contributed by atoms with E-state index in [0.29, 0.717) is 21.8 Å². The van der Waals surface area contributed by atoms with Gasteiger partial charge in [-0.3, -0.25) is 14.5 Å². The van der Waals surface area contributed by atoms with Crippen LogP contribution in [0.25, 0.3) is 16.8 Å². The molecule has 0 unspecified atom stereocenters. The number of amides is 2. The monoisotopic (exact) mass is 499 g/mol. The summed E-state index contributed by atoms with van der Waals surface area (Å²) in [5, 5.41) is 21.2. The maximum Gasteiger partial charge on any atom is 0.293 e. The predicted molar refractivity (Wildman–Crippen MR) is 139 cm³/mol. The fraction of sp³-hybridized carbons (Fsp3) is 0.0370. The van der Waals surface area contributed by atoms with Crippen LogP contribution in [0, 0.1) is 0 Å². The summed E-state index contributed by atoms with van der Waals surface area (Å²) in [6.07, 6.45) is 1.49. The zero-order valence-corrected chi connectivity index (χ0v) is 19.8. The van der Waals surface area contributed by atoms with Crippen LogP contribution < -0.4 is 0 Å². The minimum Gasteiger partial charge on any atom is -0.507 e. The highest BCUT2D eigenvalue weighted by atomic mass is 35.5. The standard InChI is InChI=1S/C27H18ClN3O3S/c28-22-10-4-2-7-18(22)16-31-26(33)25(35-27(31)34)15-19-14-20(12-13-24(19)32)29-30-23-11-5-8-17-6-1-3-9-21(17)23/h1-15,32H,16H2/b25-15-,30-29?. The number of carbonyl (C=O) groups is 2. The third-order valence-electron chi connectivity index (χ3n) is 5.50. The second kappa shape index (κ2) is 9.74. The van der Waals surface area contributed by atoms with Crippen molar-refractivity contribution in [3.63, 3.8) is 0 Å². The number of hydrogen-bond acceptors (Lipinski definition) is 6. The van der Waals surface area contributed by atoms with Crippen molar-refractivity contribution in [1.29, 1.82) is 0 Å². The van der Waals surface area contributed by atoms with Crippen LogP contribution in [0.3, 0.4) is 0 Å². The number of imide groups is 1. The Kier molecular flexibility index (Phi) is 6.35. The molecule has 1 saturated heterocycles. The first kappa shape index (κ1) is 22.8. The number of halogens is 1. The number of aromatic hydroxyl groups is 1. The topological polar surface area (TPSA) is 82.3 Å². The zero-order chi connectivity index (χ0) is 24.4. The average molecular weight is 500 g/mol. The minimum absolute atomic E-state index is 0.0352. The molecule has 0 spiro atoms. The Morgan fingerprint density at radius 2 is 1.69 bits per heavy atom. The van der Waals surface area contributed by atoms with E-state index in [1.807, 2.05) is 42.5 Å². The lowest BCUT2D eigenvalue weighted by atomic mass is 10.1. The molecule has 0 bridgehead atoms. The lowest BCUT2D eigenvalue weighted by Crippen LogP contribution is -2.27. The third kappa shape index (κ3) is 4.82. The van der Waals surface area contributed by atoms with Crippen LogP contribution in [0.1, 0.15) is 11.1 Å². The summed E-state index contributed by atoms with van der Waals surface area (Å²) in [7, 11) is 0. The lowest BCUT2D eigenvalue weighted by Gasteiger charge is -2.13. The van der Waals surface area contributed by atoms with E-state index in [9.17, 15) is 14.7 Å². The number of benzene rings is 4. The van der Waals surface area contributed by atoms with E-state index in [2.05, 4.69) is 10.2 Å². The van der Waals surface area contributed by atoms with Crippen molar-refractivity contribution in [2.45, 2.75) is 6.54 Å². The van der Waals surface area contributed by atoms with Gasteiger partial charge < -0.3 is 5.11 Å². The molecular formula is C27H18ClN3O3S. The number of rotatable bonds is 5. The van der Waals surface area contributed by atoms with Crippen LogP contribution >= 0.6 is 23.4 Å². The van der Waals surface area contributed by atoms with E-state index in [-0.39, 0.29) is 17.2 Å². The number of thioether (sulfide) groups is 1. The second-order valence-corrected chi connectivity index (χ2v) is 9.20. The molecule has 1 fully saturated rings. The van der Waals surface area contributed by atoms with Gasteiger partial charge in [-0.2, -0.15) is 5.11 Å². The number of phenolic OH excluding ortho intramolecular Hbond substituents is 1. The summed E-state index contributed by atoms with van der Waals surface area (Å²) < 4.78 is 0. The van der Waals surface area contributed by atoms with Gasteiger partial charge in [0.25, 0.3) is 11.1 Å². The highest BCUT2D eigenvalue weighted by Crippen LogP contribution is 2.36. The largest absolute Gasteiger partial charge is 0.507 e. The Balaban J connectivity index is 1.40. The molecule has 1 N–H and O–H groups in total. The number of hydrogen-bond donors (Lipinski definition) is 1. The molecule has 0 radical (unpaired) electrons.